The highest BCUT2D eigenvalue weighted by Crippen LogP contribution is 2.18. The Hall–Kier alpha value is -2.20. The van der Waals surface area contributed by atoms with E-state index in [1.165, 1.54) is 11.1 Å². The van der Waals surface area contributed by atoms with Crippen LogP contribution in [0.25, 0.3) is 0 Å². The first-order chi connectivity index (χ1) is 9.22. The number of aromatic nitrogens is 1. The lowest BCUT2D eigenvalue weighted by atomic mass is 10.1. The maximum atomic E-state index is 12.2. The Morgan fingerprint density at radius 1 is 1.21 bits per heavy atom. The lowest BCUT2D eigenvalue weighted by molar-refractivity contribution is 0.102. The highest BCUT2D eigenvalue weighted by Gasteiger charge is 2.13. The second kappa shape index (κ2) is 4.82. The molecule has 19 heavy (non-hydrogen) atoms. The zero-order valence-electron chi connectivity index (χ0n) is 10.7. The minimum atomic E-state index is -0.0953. The van der Waals surface area contributed by atoms with Gasteiger partial charge in [-0.1, -0.05) is 6.07 Å². The van der Waals surface area contributed by atoms with Gasteiger partial charge in [-0.2, -0.15) is 0 Å². The first-order valence-corrected chi connectivity index (χ1v) is 6.28. The van der Waals surface area contributed by atoms with Crippen LogP contribution in [0.5, 0.6) is 0 Å². The predicted octanol–water partition coefficient (Wildman–Crippen LogP) is 2.25. The van der Waals surface area contributed by atoms with Crippen molar-refractivity contribution in [2.45, 2.75) is 20.0 Å². The van der Waals surface area contributed by atoms with Crippen LogP contribution in [0, 0.1) is 6.92 Å². The van der Waals surface area contributed by atoms with Crippen molar-refractivity contribution >= 4 is 11.6 Å². The Kier molecular flexibility index (Phi) is 3.01. The quantitative estimate of drug-likeness (QED) is 0.863. The van der Waals surface area contributed by atoms with Crippen LogP contribution >= 0.6 is 0 Å². The third kappa shape index (κ3) is 2.48. The molecule has 0 radical (unpaired) electrons. The van der Waals surface area contributed by atoms with Crippen LogP contribution in [-0.2, 0) is 13.1 Å². The van der Waals surface area contributed by atoms with Gasteiger partial charge < -0.3 is 10.6 Å². The molecule has 0 spiro atoms. The fraction of sp³-hybridized carbons (Fsp3) is 0.200. The van der Waals surface area contributed by atoms with Crippen LogP contribution in [0.4, 0.5) is 5.69 Å². The largest absolute Gasteiger partial charge is 0.321 e. The van der Waals surface area contributed by atoms with Gasteiger partial charge in [0.2, 0.25) is 0 Å². The summed E-state index contributed by atoms with van der Waals surface area (Å²) >= 11 is 0. The molecule has 0 fully saturated rings. The fourth-order valence-electron chi connectivity index (χ4n) is 2.26. The van der Waals surface area contributed by atoms with Crippen LogP contribution < -0.4 is 10.6 Å². The van der Waals surface area contributed by atoms with Gasteiger partial charge in [0.05, 0.1) is 11.9 Å². The number of anilines is 1. The van der Waals surface area contributed by atoms with Gasteiger partial charge in [0.15, 0.2) is 0 Å². The minimum absolute atomic E-state index is 0.0953. The third-order valence-electron chi connectivity index (χ3n) is 3.23. The third-order valence-corrected chi connectivity index (χ3v) is 3.23. The van der Waals surface area contributed by atoms with Gasteiger partial charge in [0.1, 0.15) is 0 Å². The summed E-state index contributed by atoms with van der Waals surface area (Å²) in [7, 11) is 0. The van der Waals surface area contributed by atoms with Crippen molar-refractivity contribution in [2.75, 3.05) is 5.32 Å². The van der Waals surface area contributed by atoms with E-state index in [1.54, 1.807) is 12.4 Å². The number of aryl methyl sites for hydroxylation is 1. The monoisotopic (exact) mass is 253 g/mol. The zero-order valence-corrected chi connectivity index (χ0v) is 10.7. The van der Waals surface area contributed by atoms with E-state index >= 15 is 0 Å². The zero-order chi connectivity index (χ0) is 13.2. The molecule has 0 saturated heterocycles. The number of carbonyl (C=O) groups excluding carboxylic acids is 1. The molecule has 2 N–H and O–H groups in total. The minimum Gasteiger partial charge on any atom is -0.321 e. The molecule has 3 rings (SSSR count). The lowest BCUT2D eigenvalue weighted by Crippen LogP contribution is -2.12. The average Bonchev–Trinajstić information content (AvgIpc) is 2.85. The lowest BCUT2D eigenvalue weighted by Gasteiger charge is -2.07. The summed E-state index contributed by atoms with van der Waals surface area (Å²) in [6, 6.07) is 7.73. The number of rotatable bonds is 2. The summed E-state index contributed by atoms with van der Waals surface area (Å²) < 4.78 is 0. The van der Waals surface area contributed by atoms with Crippen molar-refractivity contribution < 1.29 is 4.79 Å². The summed E-state index contributed by atoms with van der Waals surface area (Å²) in [5.74, 6) is -0.0953. The summed E-state index contributed by atoms with van der Waals surface area (Å²) in [6.07, 6.45) is 3.41. The number of hydrogen-bond acceptors (Lipinski definition) is 3. The smallest absolute Gasteiger partial charge is 0.255 e. The summed E-state index contributed by atoms with van der Waals surface area (Å²) in [5, 5.41) is 6.14. The average molecular weight is 253 g/mol. The van der Waals surface area contributed by atoms with Gasteiger partial charge >= 0.3 is 0 Å². The molecule has 1 aromatic carbocycles. The standard InChI is InChI=1S/C15H15N3O/c1-10-4-14(9-16-6-10)18-15(19)11-2-3-12-7-17-8-13(12)5-11/h2-6,9,17H,7-8H2,1H3,(H,18,19). The number of hydrogen-bond donors (Lipinski definition) is 2. The molecule has 1 aliphatic heterocycles. The first-order valence-electron chi connectivity index (χ1n) is 6.28. The van der Waals surface area contributed by atoms with E-state index in [0.717, 1.165) is 24.3 Å². The molecule has 0 saturated carbocycles. The van der Waals surface area contributed by atoms with E-state index in [1.807, 2.05) is 31.2 Å². The van der Waals surface area contributed by atoms with Gasteiger partial charge in [0.25, 0.3) is 5.91 Å². The first kappa shape index (κ1) is 11.9. The number of fused-ring (bicyclic) bond motifs is 1. The van der Waals surface area contributed by atoms with Gasteiger partial charge in [-0.3, -0.25) is 9.78 Å². The maximum absolute atomic E-state index is 12.2. The van der Waals surface area contributed by atoms with Gasteiger partial charge in [0, 0.05) is 24.8 Å². The van der Waals surface area contributed by atoms with E-state index in [4.69, 9.17) is 0 Å². The molecule has 4 heteroatoms. The molecule has 0 bridgehead atoms. The van der Waals surface area contributed by atoms with Crippen molar-refractivity contribution in [1.29, 1.82) is 0 Å². The van der Waals surface area contributed by atoms with Crippen molar-refractivity contribution in [2.24, 2.45) is 0 Å². The predicted molar refractivity (Wildman–Crippen MR) is 73.9 cm³/mol. The second-order valence-corrected chi connectivity index (χ2v) is 4.79. The van der Waals surface area contributed by atoms with Crippen molar-refractivity contribution in [3.8, 4) is 0 Å². The molecule has 2 heterocycles. The Labute approximate surface area is 111 Å². The van der Waals surface area contributed by atoms with Crippen LogP contribution in [0.15, 0.2) is 36.7 Å². The molecule has 1 amide bonds. The summed E-state index contributed by atoms with van der Waals surface area (Å²) in [6.45, 7) is 3.67. The van der Waals surface area contributed by atoms with Crippen LogP contribution in [0.2, 0.25) is 0 Å². The van der Waals surface area contributed by atoms with Gasteiger partial charge in [-0.05, 0) is 41.8 Å². The molecule has 4 nitrogen and oxygen atoms in total. The SMILES string of the molecule is Cc1cncc(NC(=O)c2ccc3c(c2)CNC3)c1. The van der Waals surface area contributed by atoms with E-state index in [-0.39, 0.29) is 5.91 Å². The molecule has 2 aromatic rings. The van der Waals surface area contributed by atoms with Crippen molar-refractivity contribution in [3.05, 3.63) is 58.9 Å². The summed E-state index contributed by atoms with van der Waals surface area (Å²) in [5.41, 5.74) is 4.91. The van der Waals surface area contributed by atoms with Crippen LogP contribution in [-0.4, -0.2) is 10.9 Å². The Bertz CT molecular complexity index is 637. The molecule has 1 aromatic heterocycles. The molecule has 0 atom stereocenters. The van der Waals surface area contributed by atoms with Crippen molar-refractivity contribution in [1.82, 2.24) is 10.3 Å². The summed E-state index contributed by atoms with van der Waals surface area (Å²) in [4.78, 5) is 16.2. The number of amides is 1. The molecular formula is C15H15N3O. The molecular weight excluding hydrogens is 238 g/mol. The number of nitrogens with one attached hydrogen (secondary N) is 2. The number of carbonyl (C=O) groups is 1. The van der Waals surface area contributed by atoms with E-state index < -0.39 is 0 Å². The Morgan fingerprint density at radius 2 is 2.05 bits per heavy atom. The van der Waals surface area contributed by atoms with E-state index in [9.17, 15) is 4.79 Å². The highest BCUT2D eigenvalue weighted by molar-refractivity contribution is 6.04. The van der Waals surface area contributed by atoms with E-state index in [0.29, 0.717) is 5.56 Å². The fourth-order valence-corrected chi connectivity index (χ4v) is 2.26. The number of benzene rings is 1. The molecule has 1 aliphatic rings. The Morgan fingerprint density at radius 3 is 2.89 bits per heavy atom. The Balaban J connectivity index is 1.81. The van der Waals surface area contributed by atoms with Crippen LogP contribution in [0.1, 0.15) is 27.0 Å². The highest BCUT2D eigenvalue weighted by atomic mass is 16.1. The normalized spacial score (nSPS) is 13.1. The van der Waals surface area contributed by atoms with Gasteiger partial charge in [-0.25, -0.2) is 0 Å². The molecule has 96 valence electrons. The van der Waals surface area contributed by atoms with Crippen molar-refractivity contribution in [3.63, 3.8) is 0 Å². The van der Waals surface area contributed by atoms with Crippen LogP contribution in [0.3, 0.4) is 0 Å². The van der Waals surface area contributed by atoms with Gasteiger partial charge in [-0.15, -0.1) is 0 Å². The second-order valence-electron chi connectivity index (χ2n) is 4.79. The topological polar surface area (TPSA) is 54.0 Å². The molecule has 0 aliphatic carbocycles. The van der Waals surface area contributed by atoms with E-state index in [2.05, 4.69) is 15.6 Å². The number of nitrogens with zero attached hydrogens (tertiary/aromatic N) is 1. The number of pyridine rings is 1. The molecule has 0 unspecified atom stereocenters. The maximum Gasteiger partial charge on any atom is 0.255 e.